The average molecular weight is 310 g/mol. The first-order valence-electron chi connectivity index (χ1n) is 7.20. The minimum atomic E-state index is -0.923. The fourth-order valence-electron chi connectivity index (χ4n) is 2.93. The molecule has 1 aliphatic heterocycles. The van der Waals surface area contributed by atoms with Crippen LogP contribution in [0.4, 0.5) is 4.79 Å². The van der Waals surface area contributed by atoms with Gasteiger partial charge in [-0.25, -0.2) is 9.59 Å². The van der Waals surface area contributed by atoms with Crippen molar-refractivity contribution in [3.8, 4) is 0 Å². The number of piperidine rings is 1. The molecule has 2 heterocycles. The standard InChI is InChI=1S/C15H22N2O3S/c1-15(2)6-3-8-17(12(15)13(18)19)14(20)16-7-4-11-5-9-21-10-11/h5,9-10,12H,3-4,6-8H2,1-2H3,(H,16,20)(H,18,19). The second-order valence-electron chi connectivity index (χ2n) is 6.14. The van der Waals surface area contributed by atoms with Crippen LogP contribution < -0.4 is 5.32 Å². The van der Waals surface area contributed by atoms with E-state index in [2.05, 4.69) is 10.7 Å². The number of carboxylic acid groups (broad SMARTS) is 1. The van der Waals surface area contributed by atoms with Gasteiger partial charge in [-0.3, -0.25) is 0 Å². The smallest absolute Gasteiger partial charge is 0.327 e. The van der Waals surface area contributed by atoms with Crippen molar-refractivity contribution in [3.63, 3.8) is 0 Å². The van der Waals surface area contributed by atoms with E-state index in [4.69, 9.17) is 0 Å². The minimum Gasteiger partial charge on any atom is -0.480 e. The summed E-state index contributed by atoms with van der Waals surface area (Å²) in [5.74, 6) is -0.923. The quantitative estimate of drug-likeness (QED) is 0.898. The van der Waals surface area contributed by atoms with Gasteiger partial charge in [-0.15, -0.1) is 0 Å². The van der Waals surface area contributed by atoms with Crippen LogP contribution in [-0.4, -0.2) is 41.1 Å². The van der Waals surface area contributed by atoms with E-state index in [9.17, 15) is 14.7 Å². The van der Waals surface area contributed by atoms with Gasteiger partial charge in [-0.05, 0) is 47.1 Å². The maximum atomic E-state index is 12.3. The lowest BCUT2D eigenvalue weighted by Gasteiger charge is -2.43. The molecule has 1 aliphatic rings. The molecule has 1 saturated heterocycles. The van der Waals surface area contributed by atoms with Gasteiger partial charge in [-0.2, -0.15) is 11.3 Å². The van der Waals surface area contributed by atoms with Crippen LogP contribution in [0.3, 0.4) is 0 Å². The molecule has 0 radical (unpaired) electrons. The molecular formula is C15H22N2O3S. The van der Waals surface area contributed by atoms with E-state index >= 15 is 0 Å². The maximum absolute atomic E-state index is 12.3. The number of carboxylic acids is 1. The lowest BCUT2D eigenvalue weighted by Crippen LogP contribution is -2.58. The van der Waals surface area contributed by atoms with Gasteiger partial charge in [-0.1, -0.05) is 13.8 Å². The summed E-state index contributed by atoms with van der Waals surface area (Å²) in [6.07, 6.45) is 2.43. The molecule has 5 nitrogen and oxygen atoms in total. The molecule has 6 heteroatoms. The Hall–Kier alpha value is -1.56. The van der Waals surface area contributed by atoms with Gasteiger partial charge in [0.05, 0.1) is 0 Å². The minimum absolute atomic E-state index is 0.273. The van der Waals surface area contributed by atoms with Crippen LogP contribution in [0.1, 0.15) is 32.3 Å². The van der Waals surface area contributed by atoms with Crippen molar-refractivity contribution < 1.29 is 14.7 Å². The molecule has 116 valence electrons. The first kappa shape index (κ1) is 15.8. The van der Waals surface area contributed by atoms with Gasteiger partial charge in [0.2, 0.25) is 0 Å². The van der Waals surface area contributed by atoms with Gasteiger partial charge in [0.1, 0.15) is 6.04 Å². The van der Waals surface area contributed by atoms with Crippen molar-refractivity contribution in [3.05, 3.63) is 22.4 Å². The number of nitrogens with zero attached hydrogens (tertiary/aromatic N) is 1. The molecule has 1 aromatic rings. The predicted octanol–water partition coefficient (Wildman–Crippen LogP) is 2.58. The zero-order chi connectivity index (χ0) is 15.5. The number of likely N-dealkylation sites (tertiary alicyclic amines) is 1. The molecule has 0 bridgehead atoms. The molecular weight excluding hydrogens is 288 g/mol. The summed E-state index contributed by atoms with van der Waals surface area (Å²) in [6.45, 7) is 4.86. The van der Waals surface area contributed by atoms with Gasteiger partial charge < -0.3 is 15.3 Å². The van der Waals surface area contributed by atoms with Gasteiger partial charge in [0, 0.05) is 13.1 Å². The number of aliphatic carboxylic acids is 1. The Bertz CT molecular complexity index is 499. The van der Waals surface area contributed by atoms with Crippen molar-refractivity contribution in [2.75, 3.05) is 13.1 Å². The number of hydrogen-bond acceptors (Lipinski definition) is 3. The third-order valence-corrected chi connectivity index (χ3v) is 4.77. The van der Waals surface area contributed by atoms with Crippen LogP contribution in [0.15, 0.2) is 16.8 Å². The number of nitrogens with one attached hydrogen (secondary N) is 1. The highest BCUT2D eigenvalue weighted by Crippen LogP contribution is 2.35. The van der Waals surface area contributed by atoms with Crippen molar-refractivity contribution in [1.82, 2.24) is 10.2 Å². The molecule has 21 heavy (non-hydrogen) atoms. The highest BCUT2D eigenvalue weighted by Gasteiger charge is 2.44. The second-order valence-corrected chi connectivity index (χ2v) is 6.92. The van der Waals surface area contributed by atoms with Crippen molar-refractivity contribution in [1.29, 1.82) is 0 Å². The van der Waals surface area contributed by atoms with Crippen LogP contribution in [0.5, 0.6) is 0 Å². The molecule has 0 aromatic carbocycles. The number of carbonyl (C=O) groups excluding carboxylic acids is 1. The highest BCUT2D eigenvalue weighted by molar-refractivity contribution is 7.07. The predicted molar refractivity (Wildman–Crippen MR) is 82.6 cm³/mol. The van der Waals surface area contributed by atoms with Gasteiger partial charge in [0.15, 0.2) is 0 Å². The Labute approximate surface area is 129 Å². The number of carbonyl (C=O) groups is 2. The van der Waals surface area contributed by atoms with Gasteiger partial charge >= 0.3 is 12.0 Å². The van der Waals surface area contributed by atoms with E-state index in [1.807, 2.05) is 25.3 Å². The lowest BCUT2D eigenvalue weighted by atomic mass is 9.76. The van der Waals surface area contributed by atoms with Crippen LogP contribution in [0, 0.1) is 5.41 Å². The van der Waals surface area contributed by atoms with E-state index in [0.29, 0.717) is 13.1 Å². The molecule has 0 spiro atoms. The summed E-state index contributed by atoms with van der Waals surface area (Å²) in [7, 11) is 0. The van der Waals surface area contributed by atoms with Crippen LogP contribution in [-0.2, 0) is 11.2 Å². The summed E-state index contributed by atoms with van der Waals surface area (Å²) < 4.78 is 0. The summed E-state index contributed by atoms with van der Waals surface area (Å²) in [5.41, 5.74) is 0.795. The average Bonchev–Trinajstić information content (AvgIpc) is 2.89. The highest BCUT2D eigenvalue weighted by atomic mass is 32.1. The van der Waals surface area contributed by atoms with Crippen molar-refractivity contribution in [2.45, 2.75) is 39.2 Å². The first-order chi connectivity index (χ1) is 9.92. The summed E-state index contributed by atoms with van der Waals surface area (Å²) in [5, 5.41) is 16.3. The fraction of sp³-hybridized carbons (Fsp3) is 0.600. The van der Waals surface area contributed by atoms with Gasteiger partial charge in [0.25, 0.3) is 0 Å². The summed E-state index contributed by atoms with van der Waals surface area (Å²) >= 11 is 1.63. The molecule has 0 saturated carbocycles. The normalized spacial score (nSPS) is 21.0. The SMILES string of the molecule is CC1(C)CCCN(C(=O)NCCc2ccsc2)C1C(=O)O. The Morgan fingerprint density at radius 1 is 1.52 bits per heavy atom. The molecule has 1 unspecified atom stereocenters. The number of thiophene rings is 1. The summed E-state index contributed by atoms with van der Waals surface area (Å²) in [4.78, 5) is 25.3. The largest absolute Gasteiger partial charge is 0.480 e. The van der Waals surface area contributed by atoms with E-state index in [-0.39, 0.29) is 6.03 Å². The molecule has 0 aliphatic carbocycles. The number of urea groups is 1. The Morgan fingerprint density at radius 2 is 2.29 bits per heavy atom. The molecule has 1 aromatic heterocycles. The molecule has 2 N–H and O–H groups in total. The third-order valence-electron chi connectivity index (χ3n) is 4.04. The number of hydrogen-bond donors (Lipinski definition) is 2. The van der Waals surface area contributed by atoms with Crippen LogP contribution in [0.2, 0.25) is 0 Å². The zero-order valence-electron chi connectivity index (χ0n) is 12.5. The Morgan fingerprint density at radius 3 is 2.90 bits per heavy atom. The monoisotopic (exact) mass is 310 g/mol. The number of amides is 2. The van der Waals surface area contributed by atoms with E-state index < -0.39 is 17.4 Å². The third kappa shape index (κ3) is 3.75. The van der Waals surface area contributed by atoms with Crippen molar-refractivity contribution in [2.24, 2.45) is 5.41 Å². The Balaban J connectivity index is 1.94. The van der Waals surface area contributed by atoms with Crippen LogP contribution >= 0.6 is 11.3 Å². The van der Waals surface area contributed by atoms with Crippen molar-refractivity contribution >= 4 is 23.3 Å². The molecule has 1 fully saturated rings. The Kier molecular flexibility index (Phi) is 4.88. The van der Waals surface area contributed by atoms with Crippen LogP contribution in [0.25, 0.3) is 0 Å². The maximum Gasteiger partial charge on any atom is 0.327 e. The zero-order valence-corrected chi connectivity index (χ0v) is 13.3. The first-order valence-corrected chi connectivity index (χ1v) is 8.14. The topological polar surface area (TPSA) is 69.6 Å². The molecule has 2 amide bonds. The van der Waals surface area contributed by atoms with E-state index in [1.165, 1.54) is 10.5 Å². The van der Waals surface area contributed by atoms with E-state index in [1.54, 1.807) is 11.3 Å². The number of rotatable bonds is 4. The summed E-state index contributed by atoms with van der Waals surface area (Å²) in [6, 6.07) is 0.999. The molecule has 2 rings (SSSR count). The molecule has 1 atom stereocenters. The lowest BCUT2D eigenvalue weighted by molar-refractivity contribution is -0.148. The fourth-order valence-corrected chi connectivity index (χ4v) is 3.63. The second kappa shape index (κ2) is 6.47. The van der Waals surface area contributed by atoms with E-state index in [0.717, 1.165) is 19.3 Å².